The third-order valence-electron chi connectivity index (χ3n) is 6.33. The maximum absolute atomic E-state index is 13.0. The average Bonchev–Trinajstić information content (AvgIpc) is 3.16. The van der Waals surface area contributed by atoms with E-state index in [4.69, 9.17) is 14.2 Å². The summed E-state index contributed by atoms with van der Waals surface area (Å²) in [6, 6.07) is 21.5. The molecule has 0 atom stereocenters. The van der Waals surface area contributed by atoms with Crippen LogP contribution in [0, 0.1) is 13.8 Å². The number of hydrogen-bond acceptors (Lipinski definition) is 6. The number of carbonyl (C=O) groups excluding carboxylic acids is 2. The zero-order valence-corrected chi connectivity index (χ0v) is 24.0. The number of amides is 2. The van der Waals surface area contributed by atoms with Crippen molar-refractivity contribution in [1.82, 2.24) is 4.90 Å². The van der Waals surface area contributed by atoms with Crippen LogP contribution in [0.25, 0.3) is 6.08 Å². The highest BCUT2D eigenvalue weighted by Gasteiger charge is 2.35. The predicted octanol–water partition coefficient (Wildman–Crippen LogP) is 7.17. The summed E-state index contributed by atoms with van der Waals surface area (Å²) in [6.45, 7) is 11.6. The average molecular weight is 546 g/mol. The summed E-state index contributed by atoms with van der Waals surface area (Å²) in [6.07, 6.45) is 1.71. The van der Waals surface area contributed by atoms with E-state index in [2.05, 4.69) is 32.9 Å². The Kier molecular flexibility index (Phi) is 9.02. The molecule has 3 aromatic carbocycles. The molecule has 1 aliphatic heterocycles. The fraction of sp³-hybridized carbons (Fsp3) is 0.312. The molecular weight excluding hydrogens is 510 g/mol. The van der Waals surface area contributed by atoms with Gasteiger partial charge in [0.25, 0.3) is 11.1 Å². The quantitative estimate of drug-likeness (QED) is 0.199. The lowest BCUT2D eigenvalue weighted by molar-refractivity contribution is -0.123. The Morgan fingerprint density at radius 3 is 2.26 bits per heavy atom. The summed E-state index contributed by atoms with van der Waals surface area (Å²) in [5, 5.41) is -0.305. The van der Waals surface area contributed by atoms with Gasteiger partial charge in [0.05, 0.1) is 11.4 Å². The molecule has 0 saturated carbocycles. The maximum atomic E-state index is 13.0. The molecule has 0 aromatic heterocycles. The van der Waals surface area contributed by atoms with E-state index in [1.54, 1.807) is 6.08 Å². The number of para-hydroxylation sites is 1. The lowest BCUT2D eigenvalue weighted by Gasteiger charge is -2.19. The van der Waals surface area contributed by atoms with E-state index in [-0.39, 0.29) is 29.7 Å². The van der Waals surface area contributed by atoms with Crippen molar-refractivity contribution in [3.05, 3.63) is 93.9 Å². The van der Waals surface area contributed by atoms with Crippen LogP contribution < -0.4 is 14.2 Å². The predicted molar refractivity (Wildman–Crippen MR) is 157 cm³/mol. The number of thioether (sulfide) groups is 1. The van der Waals surface area contributed by atoms with Gasteiger partial charge in [-0.3, -0.25) is 14.5 Å². The molecule has 1 heterocycles. The molecule has 3 aromatic rings. The molecule has 2 amide bonds. The Hall–Kier alpha value is -3.71. The molecule has 0 radical (unpaired) electrons. The van der Waals surface area contributed by atoms with Gasteiger partial charge in [0.1, 0.15) is 37.1 Å². The highest BCUT2D eigenvalue weighted by atomic mass is 32.2. The molecule has 39 heavy (non-hydrogen) atoms. The smallest absolute Gasteiger partial charge is 0.293 e. The van der Waals surface area contributed by atoms with Crippen LogP contribution in [0.3, 0.4) is 0 Å². The van der Waals surface area contributed by atoms with Gasteiger partial charge in [0, 0.05) is 5.56 Å². The number of nitrogens with zero attached hydrogens (tertiary/aromatic N) is 1. The number of carbonyl (C=O) groups is 2. The minimum absolute atomic E-state index is 0.0920. The molecule has 1 fully saturated rings. The highest BCUT2D eigenvalue weighted by molar-refractivity contribution is 8.18. The molecule has 0 spiro atoms. The second-order valence-electron chi connectivity index (χ2n) is 10.5. The normalized spacial score (nSPS) is 14.7. The molecule has 204 valence electrons. The molecular formula is C32H35NO5S. The molecule has 0 aliphatic carbocycles. The van der Waals surface area contributed by atoms with Gasteiger partial charge in [-0.15, -0.1) is 0 Å². The summed E-state index contributed by atoms with van der Waals surface area (Å²) in [5.74, 6) is 1.84. The lowest BCUT2D eigenvalue weighted by Crippen LogP contribution is -2.32. The minimum atomic E-state index is -0.327. The van der Waals surface area contributed by atoms with Crippen molar-refractivity contribution in [2.75, 3.05) is 26.4 Å². The summed E-state index contributed by atoms with van der Waals surface area (Å²) in [4.78, 5) is 27.2. The fourth-order valence-corrected chi connectivity index (χ4v) is 4.89. The first-order chi connectivity index (χ1) is 18.6. The van der Waals surface area contributed by atoms with E-state index in [0.717, 1.165) is 40.0 Å². The number of rotatable bonds is 10. The van der Waals surface area contributed by atoms with Gasteiger partial charge < -0.3 is 14.2 Å². The molecule has 1 saturated heterocycles. The van der Waals surface area contributed by atoms with E-state index in [1.165, 1.54) is 10.5 Å². The first kappa shape index (κ1) is 28.3. The largest absolute Gasteiger partial charge is 0.491 e. The summed E-state index contributed by atoms with van der Waals surface area (Å²) < 4.78 is 17.6. The zero-order valence-electron chi connectivity index (χ0n) is 23.2. The van der Waals surface area contributed by atoms with Crippen LogP contribution in [-0.4, -0.2) is 42.4 Å². The van der Waals surface area contributed by atoms with Crippen molar-refractivity contribution in [3.63, 3.8) is 0 Å². The van der Waals surface area contributed by atoms with Crippen molar-refractivity contribution in [3.8, 4) is 17.2 Å². The van der Waals surface area contributed by atoms with E-state index in [9.17, 15) is 9.59 Å². The topological polar surface area (TPSA) is 65.1 Å². The van der Waals surface area contributed by atoms with Crippen LogP contribution in [-0.2, 0) is 10.2 Å². The molecule has 6 nitrogen and oxygen atoms in total. The van der Waals surface area contributed by atoms with Gasteiger partial charge in [0.15, 0.2) is 0 Å². The maximum Gasteiger partial charge on any atom is 0.293 e. The number of hydrogen-bond donors (Lipinski definition) is 0. The third kappa shape index (κ3) is 7.45. The van der Waals surface area contributed by atoms with Gasteiger partial charge >= 0.3 is 0 Å². The van der Waals surface area contributed by atoms with Gasteiger partial charge in [0.2, 0.25) is 0 Å². The summed E-state index contributed by atoms with van der Waals surface area (Å²) in [7, 11) is 0. The number of aryl methyl sites for hydroxylation is 2. The first-order valence-corrected chi connectivity index (χ1v) is 13.8. The fourth-order valence-electron chi connectivity index (χ4n) is 4.04. The van der Waals surface area contributed by atoms with Gasteiger partial charge in [-0.2, -0.15) is 0 Å². The second kappa shape index (κ2) is 12.4. The molecule has 4 rings (SSSR count). The van der Waals surface area contributed by atoms with Crippen molar-refractivity contribution in [1.29, 1.82) is 0 Å². The lowest BCUT2D eigenvalue weighted by atomic mass is 9.87. The molecule has 7 heteroatoms. The summed E-state index contributed by atoms with van der Waals surface area (Å²) in [5.41, 5.74) is 4.17. The first-order valence-electron chi connectivity index (χ1n) is 13.0. The Labute approximate surface area is 235 Å². The van der Waals surface area contributed by atoms with Crippen LogP contribution in [0.15, 0.2) is 71.6 Å². The zero-order chi connectivity index (χ0) is 28.0. The van der Waals surface area contributed by atoms with Crippen LogP contribution in [0.1, 0.15) is 43.0 Å². The highest BCUT2D eigenvalue weighted by Crippen LogP contribution is 2.34. The van der Waals surface area contributed by atoms with Crippen LogP contribution in [0.4, 0.5) is 4.79 Å². The number of ether oxygens (including phenoxy) is 3. The van der Waals surface area contributed by atoms with E-state index >= 15 is 0 Å². The van der Waals surface area contributed by atoms with Gasteiger partial charge in [-0.1, -0.05) is 63.2 Å². The Bertz CT molecular complexity index is 1360. The Balaban J connectivity index is 1.32. The monoisotopic (exact) mass is 545 g/mol. The summed E-state index contributed by atoms with van der Waals surface area (Å²) >= 11 is 0.928. The SMILES string of the molecule is Cc1ccc(C)c(OCCN2C(=O)S/C(=C\c3ccccc3OCCOc3ccc(C(C)(C)C)cc3)C2=O)c1. The molecule has 1 aliphatic rings. The molecule has 0 N–H and O–H groups in total. The van der Waals surface area contributed by atoms with Crippen LogP contribution >= 0.6 is 11.8 Å². The third-order valence-corrected chi connectivity index (χ3v) is 7.23. The van der Waals surface area contributed by atoms with Crippen molar-refractivity contribution >= 4 is 29.0 Å². The standard InChI is InChI=1S/C32H35NO5S/c1-22-10-11-23(2)28(20-22)37-17-16-33-30(34)29(39-31(33)35)21-24-8-6-7-9-27(24)38-19-18-36-26-14-12-25(13-15-26)32(3,4)5/h6-15,20-21H,16-19H2,1-5H3/b29-21-. The van der Waals surface area contributed by atoms with Crippen LogP contribution in [0.2, 0.25) is 0 Å². The molecule has 0 bridgehead atoms. The Morgan fingerprint density at radius 1 is 0.821 bits per heavy atom. The number of benzene rings is 3. The van der Waals surface area contributed by atoms with Crippen molar-refractivity contribution < 1.29 is 23.8 Å². The van der Waals surface area contributed by atoms with E-state index < -0.39 is 0 Å². The van der Waals surface area contributed by atoms with E-state index in [1.807, 2.05) is 68.4 Å². The van der Waals surface area contributed by atoms with E-state index in [0.29, 0.717) is 23.9 Å². The van der Waals surface area contributed by atoms with Crippen LogP contribution in [0.5, 0.6) is 17.2 Å². The minimum Gasteiger partial charge on any atom is -0.491 e. The van der Waals surface area contributed by atoms with Gasteiger partial charge in [-0.05, 0) is 78.1 Å². The Morgan fingerprint density at radius 2 is 1.51 bits per heavy atom. The van der Waals surface area contributed by atoms with Crippen molar-refractivity contribution in [2.24, 2.45) is 0 Å². The van der Waals surface area contributed by atoms with Crippen molar-refractivity contribution in [2.45, 2.75) is 40.0 Å². The van der Waals surface area contributed by atoms with Gasteiger partial charge in [-0.25, -0.2) is 0 Å². The molecule has 0 unspecified atom stereocenters. The second-order valence-corrected chi connectivity index (χ2v) is 11.5. The number of imide groups is 1.